The highest BCUT2D eigenvalue weighted by molar-refractivity contribution is 6.30. The van der Waals surface area contributed by atoms with E-state index in [0.29, 0.717) is 44.7 Å². The number of carbonyl (C=O) groups is 2. The number of halogens is 3. The second-order valence-corrected chi connectivity index (χ2v) is 11.4. The van der Waals surface area contributed by atoms with Gasteiger partial charge in [0, 0.05) is 50.8 Å². The van der Waals surface area contributed by atoms with E-state index in [1.54, 1.807) is 4.90 Å². The topological polar surface area (TPSA) is 52.7 Å². The zero-order valence-electron chi connectivity index (χ0n) is 20.2. The van der Waals surface area contributed by atoms with E-state index in [4.69, 9.17) is 11.6 Å². The lowest BCUT2D eigenvalue weighted by atomic mass is 9.81. The summed E-state index contributed by atoms with van der Waals surface area (Å²) in [7, 11) is 0. The van der Waals surface area contributed by atoms with Gasteiger partial charge in [-0.25, -0.2) is 8.78 Å². The number of benzene rings is 1. The molecule has 0 bridgehead atoms. The van der Waals surface area contributed by atoms with Gasteiger partial charge in [0.15, 0.2) is 0 Å². The first kappa shape index (κ1) is 25.4. The van der Waals surface area contributed by atoms with E-state index in [0.717, 1.165) is 36.7 Å². The molecule has 1 heterocycles. The fourth-order valence-electron chi connectivity index (χ4n) is 6.48. The minimum atomic E-state index is -0.768. The molecule has 4 rings (SSSR count). The van der Waals surface area contributed by atoms with Gasteiger partial charge in [-0.15, -0.1) is 0 Å². The molecule has 2 atom stereocenters. The van der Waals surface area contributed by atoms with Crippen LogP contribution in [0.5, 0.6) is 0 Å². The molecule has 3 fully saturated rings. The monoisotopic (exact) mass is 495 g/mol. The van der Waals surface area contributed by atoms with Crippen molar-refractivity contribution in [3.05, 3.63) is 34.4 Å². The molecule has 0 radical (unpaired) electrons. The molecule has 2 amide bonds. The van der Waals surface area contributed by atoms with Gasteiger partial charge >= 0.3 is 0 Å². The molecule has 1 aromatic rings. The zero-order valence-corrected chi connectivity index (χ0v) is 21.0. The standard InChI is InChI=1S/C26H36ClF2N3O2/c1-3-17-8-18-12-26(2,13-19(18)9-17)14-24(33)30-15-25(34)32-6-4-31(5-7-32)16-20-10-21(27)23(29)11-22(20)28/h10-11,17-19H,3-9,12-16H2,1-2H3,(H,30,33). The Morgan fingerprint density at radius 3 is 2.35 bits per heavy atom. The van der Waals surface area contributed by atoms with E-state index >= 15 is 0 Å². The molecule has 0 aromatic heterocycles. The van der Waals surface area contributed by atoms with Crippen molar-refractivity contribution in [3.63, 3.8) is 0 Å². The van der Waals surface area contributed by atoms with Crippen molar-refractivity contribution in [1.29, 1.82) is 0 Å². The molecule has 1 N–H and O–H groups in total. The number of carbonyl (C=O) groups excluding carboxylic acids is 2. The van der Waals surface area contributed by atoms with Crippen molar-refractivity contribution >= 4 is 23.4 Å². The Labute approximate surface area is 206 Å². The van der Waals surface area contributed by atoms with Crippen molar-refractivity contribution in [2.24, 2.45) is 23.2 Å². The summed E-state index contributed by atoms with van der Waals surface area (Å²) in [5.41, 5.74) is 0.388. The number of nitrogens with one attached hydrogen (secondary N) is 1. The van der Waals surface area contributed by atoms with Crippen molar-refractivity contribution in [2.45, 2.75) is 58.9 Å². The van der Waals surface area contributed by atoms with Gasteiger partial charge in [0.25, 0.3) is 0 Å². The normalized spacial score (nSPS) is 29.3. The fourth-order valence-corrected chi connectivity index (χ4v) is 6.67. The summed E-state index contributed by atoms with van der Waals surface area (Å²) in [6.45, 7) is 6.99. The summed E-state index contributed by atoms with van der Waals surface area (Å²) in [5.74, 6) is 0.871. The number of nitrogens with zero attached hydrogens (tertiary/aromatic N) is 2. The summed E-state index contributed by atoms with van der Waals surface area (Å²) < 4.78 is 27.4. The Morgan fingerprint density at radius 1 is 1.09 bits per heavy atom. The largest absolute Gasteiger partial charge is 0.347 e. The van der Waals surface area contributed by atoms with Gasteiger partial charge in [0.2, 0.25) is 11.8 Å². The summed E-state index contributed by atoms with van der Waals surface area (Å²) in [4.78, 5) is 29.0. The molecular weight excluding hydrogens is 460 g/mol. The van der Waals surface area contributed by atoms with Crippen molar-refractivity contribution in [1.82, 2.24) is 15.1 Å². The van der Waals surface area contributed by atoms with Gasteiger partial charge in [0.1, 0.15) is 11.6 Å². The molecule has 5 nitrogen and oxygen atoms in total. The van der Waals surface area contributed by atoms with Crippen LogP contribution in [0.4, 0.5) is 8.78 Å². The molecule has 0 spiro atoms. The SMILES string of the molecule is CCC1CC2CC(C)(CC(=O)NCC(=O)N3CCN(Cc4cc(Cl)c(F)cc4F)CC3)CC2C1. The van der Waals surface area contributed by atoms with Gasteiger partial charge < -0.3 is 10.2 Å². The minimum absolute atomic E-state index is 0.0158. The zero-order chi connectivity index (χ0) is 24.5. The van der Waals surface area contributed by atoms with Crippen LogP contribution in [-0.4, -0.2) is 54.3 Å². The Hall–Kier alpha value is -1.73. The lowest BCUT2D eigenvalue weighted by Crippen LogP contribution is -2.51. The van der Waals surface area contributed by atoms with E-state index in [-0.39, 0.29) is 28.8 Å². The number of piperazine rings is 1. The van der Waals surface area contributed by atoms with Crippen LogP contribution in [-0.2, 0) is 16.1 Å². The van der Waals surface area contributed by atoms with Crippen LogP contribution in [0.1, 0.15) is 57.9 Å². The molecule has 1 saturated heterocycles. The van der Waals surface area contributed by atoms with Gasteiger partial charge in [-0.05, 0) is 54.9 Å². The van der Waals surface area contributed by atoms with Crippen LogP contribution in [0.15, 0.2) is 12.1 Å². The van der Waals surface area contributed by atoms with Crippen molar-refractivity contribution in [3.8, 4) is 0 Å². The van der Waals surface area contributed by atoms with Crippen LogP contribution < -0.4 is 5.32 Å². The van der Waals surface area contributed by atoms with E-state index in [9.17, 15) is 18.4 Å². The van der Waals surface area contributed by atoms with Gasteiger partial charge in [-0.2, -0.15) is 0 Å². The highest BCUT2D eigenvalue weighted by Crippen LogP contribution is 2.56. The second kappa shape index (κ2) is 10.5. The number of amides is 2. The molecule has 2 unspecified atom stereocenters. The van der Waals surface area contributed by atoms with Crippen molar-refractivity contribution in [2.75, 3.05) is 32.7 Å². The fraction of sp³-hybridized carbons (Fsp3) is 0.692. The second-order valence-electron chi connectivity index (χ2n) is 11.0. The quantitative estimate of drug-likeness (QED) is 0.561. The Bertz CT molecular complexity index is 906. The summed E-state index contributed by atoms with van der Waals surface area (Å²) in [5, 5.41) is 2.75. The lowest BCUT2D eigenvalue weighted by molar-refractivity contribution is -0.134. The smallest absolute Gasteiger partial charge is 0.242 e. The summed E-state index contributed by atoms with van der Waals surface area (Å²) >= 11 is 5.78. The highest BCUT2D eigenvalue weighted by atomic mass is 35.5. The average Bonchev–Trinajstić information content (AvgIpc) is 3.30. The first-order valence-electron chi connectivity index (χ1n) is 12.6. The average molecular weight is 496 g/mol. The van der Waals surface area contributed by atoms with E-state index in [1.807, 2.05) is 4.90 Å². The van der Waals surface area contributed by atoms with Crippen LogP contribution in [0, 0.1) is 34.8 Å². The molecule has 188 valence electrons. The molecule has 1 aromatic carbocycles. The van der Waals surface area contributed by atoms with Gasteiger partial charge in [0.05, 0.1) is 11.6 Å². The van der Waals surface area contributed by atoms with Gasteiger partial charge in [-0.1, -0.05) is 31.9 Å². The molecule has 1 aliphatic heterocycles. The molecule has 34 heavy (non-hydrogen) atoms. The number of rotatable bonds is 7. The Morgan fingerprint density at radius 2 is 1.74 bits per heavy atom. The van der Waals surface area contributed by atoms with E-state index < -0.39 is 11.6 Å². The highest BCUT2D eigenvalue weighted by Gasteiger charge is 2.47. The number of hydrogen-bond acceptors (Lipinski definition) is 3. The Kier molecular flexibility index (Phi) is 7.82. The predicted molar refractivity (Wildman–Crippen MR) is 128 cm³/mol. The van der Waals surface area contributed by atoms with Gasteiger partial charge in [-0.3, -0.25) is 14.5 Å². The third kappa shape index (κ3) is 5.91. The molecular formula is C26H36ClF2N3O2. The first-order valence-corrected chi connectivity index (χ1v) is 12.9. The Balaban J connectivity index is 1.18. The predicted octanol–water partition coefficient (Wildman–Crippen LogP) is 4.62. The van der Waals surface area contributed by atoms with E-state index in [1.165, 1.54) is 25.3 Å². The van der Waals surface area contributed by atoms with Crippen LogP contribution >= 0.6 is 11.6 Å². The third-order valence-corrected chi connectivity index (χ3v) is 8.55. The molecule has 3 aliphatic rings. The summed E-state index contributed by atoms with van der Waals surface area (Å²) in [6.07, 6.45) is 6.61. The maximum absolute atomic E-state index is 14.0. The maximum atomic E-state index is 14.0. The maximum Gasteiger partial charge on any atom is 0.242 e. The van der Waals surface area contributed by atoms with Crippen LogP contribution in [0.2, 0.25) is 5.02 Å². The summed E-state index contributed by atoms with van der Waals surface area (Å²) in [6, 6.07) is 2.12. The van der Waals surface area contributed by atoms with Crippen LogP contribution in [0.25, 0.3) is 0 Å². The number of fused-ring (bicyclic) bond motifs is 1. The first-order chi connectivity index (χ1) is 16.2. The minimum Gasteiger partial charge on any atom is -0.347 e. The van der Waals surface area contributed by atoms with Crippen LogP contribution in [0.3, 0.4) is 0 Å². The third-order valence-electron chi connectivity index (χ3n) is 8.26. The van der Waals surface area contributed by atoms with E-state index in [2.05, 4.69) is 19.2 Å². The molecule has 2 saturated carbocycles. The van der Waals surface area contributed by atoms with Crippen molar-refractivity contribution < 1.29 is 18.4 Å². The molecule has 2 aliphatic carbocycles. The molecule has 8 heteroatoms. The lowest BCUT2D eigenvalue weighted by Gasteiger charge is -2.35. The number of hydrogen-bond donors (Lipinski definition) is 1.